The molecule has 0 bridgehead atoms. The minimum atomic E-state index is -0.352. The Morgan fingerprint density at radius 3 is 2.14 bits per heavy atom. The van der Waals surface area contributed by atoms with Crippen molar-refractivity contribution >= 4 is 40.8 Å². The van der Waals surface area contributed by atoms with Gasteiger partial charge in [0.1, 0.15) is 5.75 Å². The molecule has 0 saturated carbocycles. The molecule has 0 spiro atoms. The zero-order chi connectivity index (χ0) is 25.4. The Labute approximate surface area is 222 Å². The van der Waals surface area contributed by atoms with Gasteiger partial charge < -0.3 is 10.1 Å². The van der Waals surface area contributed by atoms with E-state index in [-0.39, 0.29) is 17.1 Å². The third kappa shape index (κ3) is 4.74. The lowest BCUT2D eigenvalue weighted by molar-refractivity contribution is -0.113. The van der Waals surface area contributed by atoms with E-state index in [0.717, 1.165) is 45.0 Å². The van der Waals surface area contributed by atoms with Gasteiger partial charge in [0.05, 0.1) is 7.11 Å². The molecular weight excluding hydrogens is 489 g/mol. The Bertz CT molecular complexity index is 1400. The van der Waals surface area contributed by atoms with Gasteiger partial charge in [-0.05, 0) is 89.2 Å². The predicted molar refractivity (Wildman–Crippen MR) is 148 cm³/mol. The number of halogens is 2. The van der Waals surface area contributed by atoms with Crippen molar-refractivity contribution in [2.24, 2.45) is 5.41 Å². The van der Waals surface area contributed by atoms with Crippen LogP contribution in [-0.4, -0.2) is 12.9 Å². The average molecular weight is 516 g/mol. The highest BCUT2D eigenvalue weighted by molar-refractivity contribution is 6.30. The Hall–Kier alpha value is -3.27. The summed E-state index contributed by atoms with van der Waals surface area (Å²) >= 11 is 12.3. The second kappa shape index (κ2) is 9.65. The first kappa shape index (κ1) is 24.4. The smallest absolute Gasteiger partial charge is 0.188 e. The summed E-state index contributed by atoms with van der Waals surface area (Å²) in [5.41, 5.74) is 6.19. The van der Waals surface area contributed by atoms with Crippen molar-refractivity contribution in [2.45, 2.75) is 26.2 Å². The standard InChI is InChI=1S/C31H27Cl2NO2/c1-31(2)18-28-29(30(35)26(31)16-19-4-10-22(32)11-5-19)25(20-6-12-23(33)13-7-20)17-27(34-28)21-8-14-24(36-3)15-9-21/h4-17,25,34H,18H2,1-3H3/b26-16+. The van der Waals surface area contributed by atoms with Gasteiger partial charge in [0.2, 0.25) is 0 Å². The Morgan fingerprint density at radius 1 is 0.917 bits per heavy atom. The van der Waals surface area contributed by atoms with E-state index in [2.05, 4.69) is 25.2 Å². The summed E-state index contributed by atoms with van der Waals surface area (Å²) in [5, 5.41) is 4.95. The molecule has 0 aromatic heterocycles. The number of ketones is 1. The molecular formula is C31H27Cl2NO2. The van der Waals surface area contributed by atoms with Crippen LogP contribution in [0.2, 0.25) is 10.0 Å². The van der Waals surface area contributed by atoms with E-state index in [1.165, 1.54) is 0 Å². The first-order valence-corrected chi connectivity index (χ1v) is 12.6. The molecule has 1 N–H and O–H groups in total. The molecule has 1 heterocycles. The second-order valence-electron chi connectivity index (χ2n) is 9.85. The van der Waals surface area contributed by atoms with Gasteiger partial charge >= 0.3 is 0 Å². The van der Waals surface area contributed by atoms with Gasteiger partial charge in [-0.15, -0.1) is 0 Å². The van der Waals surface area contributed by atoms with Crippen LogP contribution in [0.5, 0.6) is 5.75 Å². The zero-order valence-corrected chi connectivity index (χ0v) is 22.0. The van der Waals surface area contributed by atoms with Crippen LogP contribution in [0.4, 0.5) is 0 Å². The number of methoxy groups -OCH3 is 1. The lowest BCUT2D eigenvalue weighted by Gasteiger charge is -2.40. The van der Waals surface area contributed by atoms with Gasteiger partial charge in [0.15, 0.2) is 5.78 Å². The fraction of sp³-hybridized carbons (Fsp3) is 0.194. The van der Waals surface area contributed by atoms with Gasteiger partial charge in [-0.1, -0.05) is 61.3 Å². The van der Waals surface area contributed by atoms with E-state index in [1.54, 1.807) is 7.11 Å². The van der Waals surface area contributed by atoms with Crippen LogP contribution in [0, 0.1) is 5.41 Å². The van der Waals surface area contributed by atoms with Crippen LogP contribution in [0.25, 0.3) is 11.8 Å². The van der Waals surface area contributed by atoms with Crippen molar-refractivity contribution < 1.29 is 9.53 Å². The molecule has 1 aliphatic heterocycles. The Morgan fingerprint density at radius 2 is 1.53 bits per heavy atom. The van der Waals surface area contributed by atoms with Crippen LogP contribution >= 0.6 is 23.2 Å². The topological polar surface area (TPSA) is 38.3 Å². The number of carbonyl (C=O) groups is 1. The van der Waals surface area contributed by atoms with Gasteiger partial charge in [0, 0.05) is 38.5 Å². The lowest BCUT2D eigenvalue weighted by Crippen LogP contribution is -2.37. The van der Waals surface area contributed by atoms with Crippen molar-refractivity contribution in [1.82, 2.24) is 5.32 Å². The van der Waals surface area contributed by atoms with Crippen molar-refractivity contribution in [1.29, 1.82) is 0 Å². The summed E-state index contributed by atoms with van der Waals surface area (Å²) in [4.78, 5) is 14.2. The summed E-state index contributed by atoms with van der Waals surface area (Å²) in [7, 11) is 1.66. The third-order valence-electron chi connectivity index (χ3n) is 6.90. The number of rotatable bonds is 4. The molecule has 0 amide bonds. The summed E-state index contributed by atoms with van der Waals surface area (Å²) in [6.45, 7) is 4.25. The van der Waals surface area contributed by atoms with E-state index in [0.29, 0.717) is 16.5 Å². The number of hydrogen-bond acceptors (Lipinski definition) is 3. The fourth-order valence-electron chi connectivity index (χ4n) is 4.98. The molecule has 1 aliphatic carbocycles. The van der Waals surface area contributed by atoms with Gasteiger partial charge in [-0.2, -0.15) is 0 Å². The quantitative estimate of drug-likeness (QED) is 0.357. The second-order valence-corrected chi connectivity index (χ2v) is 10.7. The van der Waals surface area contributed by atoms with E-state index in [9.17, 15) is 4.79 Å². The normalized spacial score (nSPS) is 20.0. The molecule has 36 heavy (non-hydrogen) atoms. The molecule has 3 aromatic carbocycles. The van der Waals surface area contributed by atoms with Crippen molar-refractivity contribution in [3.8, 4) is 5.75 Å². The number of ether oxygens (including phenoxy) is 1. The SMILES string of the molecule is COc1ccc(C2=CC(c3ccc(Cl)cc3)C3=C(CC(C)(C)/C(=C/c4ccc(Cl)cc4)C3=O)N2)cc1. The molecule has 2 aliphatic rings. The molecule has 3 nitrogen and oxygen atoms in total. The maximum absolute atomic E-state index is 14.2. The van der Waals surface area contributed by atoms with Crippen molar-refractivity contribution in [3.63, 3.8) is 0 Å². The number of benzene rings is 3. The zero-order valence-electron chi connectivity index (χ0n) is 20.4. The van der Waals surface area contributed by atoms with Crippen LogP contribution in [0.1, 0.15) is 42.9 Å². The molecule has 3 aromatic rings. The molecule has 0 fully saturated rings. The lowest BCUT2D eigenvalue weighted by atomic mass is 9.67. The van der Waals surface area contributed by atoms with E-state index >= 15 is 0 Å². The van der Waals surface area contributed by atoms with Crippen LogP contribution in [0.3, 0.4) is 0 Å². The molecule has 1 atom stereocenters. The minimum absolute atomic E-state index is 0.0636. The van der Waals surface area contributed by atoms with Crippen molar-refractivity contribution in [3.05, 3.63) is 122 Å². The van der Waals surface area contributed by atoms with Crippen molar-refractivity contribution in [2.75, 3.05) is 7.11 Å². The third-order valence-corrected chi connectivity index (χ3v) is 7.41. The van der Waals surface area contributed by atoms with E-state index < -0.39 is 0 Å². The van der Waals surface area contributed by atoms with Crippen LogP contribution in [0.15, 0.2) is 95.7 Å². The molecule has 0 saturated heterocycles. The van der Waals surface area contributed by atoms with E-state index in [4.69, 9.17) is 27.9 Å². The monoisotopic (exact) mass is 515 g/mol. The van der Waals surface area contributed by atoms with Gasteiger partial charge in [-0.25, -0.2) is 0 Å². The summed E-state index contributed by atoms with van der Waals surface area (Å²) in [6.07, 6.45) is 4.86. The highest BCUT2D eigenvalue weighted by atomic mass is 35.5. The molecule has 0 radical (unpaired) electrons. The Kier molecular flexibility index (Phi) is 6.55. The fourth-order valence-corrected chi connectivity index (χ4v) is 5.23. The highest BCUT2D eigenvalue weighted by Gasteiger charge is 2.42. The number of dihydropyridines is 1. The number of Topliss-reactive ketones (excluding diaryl/α,β-unsaturated/α-hetero) is 1. The summed E-state index contributed by atoms with van der Waals surface area (Å²) in [6, 6.07) is 23.3. The first-order valence-electron chi connectivity index (χ1n) is 11.9. The highest BCUT2D eigenvalue weighted by Crippen LogP contribution is 2.48. The maximum Gasteiger partial charge on any atom is 0.188 e. The molecule has 182 valence electrons. The van der Waals surface area contributed by atoms with Gasteiger partial charge in [0.25, 0.3) is 0 Å². The molecule has 5 rings (SSSR count). The van der Waals surface area contributed by atoms with E-state index in [1.807, 2.05) is 78.9 Å². The predicted octanol–water partition coefficient (Wildman–Crippen LogP) is 8.07. The number of nitrogens with one attached hydrogen (secondary N) is 1. The van der Waals surface area contributed by atoms with Crippen LogP contribution < -0.4 is 10.1 Å². The number of allylic oxidation sites excluding steroid dienone is 4. The number of hydrogen-bond donors (Lipinski definition) is 1. The summed E-state index contributed by atoms with van der Waals surface area (Å²) < 4.78 is 5.33. The maximum atomic E-state index is 14.2. The molecule has 5 heteroatoms. The minimum Gasteiger partial charge on any atom is -0.497 e. The Balaban J connectivity index is 1.62. The average Bonchev–Trinajstić information content (AvgIpc) is 2.87. The largest absolute Gasteiger partial charge is 0.497 e. The molecule has 1 unspecified atom stereocenters. The number of carbonyl (C=O) groups excluding carboxylic acids is 1. The van der Waals surface area contributed by atoms with Crippen LogP contribution in [-0.2, 0) is 4.79 Å². The van der Waals surface area contributed by atoms with Gasteiger partial charge in [-0.3, -0.25) is 4.79 Å². The summed E-state index contributed by atoms with van der Waals surface area (Å²) in [5.74, 6) is 0.664. The first-order chi connectivity index (χ1) is 17.2.